The second-order valence-corrected chi connectivity index (χ2v) is 22.0. The Kier molecular flexibility index (Phi) is 56.6. The molecule has 2 unspecified atom stereocenters. The minimum Gasteiger partial charge on any atom is -0.462 e. The van der Waals surface area contributed by atoms with E-state index in [0.717, 1.165) is 70.6 Å². The lowest BCUT2D eigenvalue weighted by atomic mass is 10.0. The van der Waals surface area contributed by atoms with Gasteiger partial charge in [0.2, 0.25) is 0 Å². The van der Waals surface area contributed by atoms with Gasteiger partial charge in [0.05, 0.1) is 13.2 Å². The van der Waals surface area contributed by atoms with Crippen LogP contribution in [-0.2, 0) is 32.7 Å². The van der Waals surface area contributed by atoms with E-state index in [1.54, 1.807) is 0 Å². The highest BCUT2D eigenvalue weighted by Gasteiger charge is 2.26. The van der Waals surface area contributed by atoms with Gasteiger partial charge in [0.1, 0.15) is 6.61 Å². The molecule has 422 valence electrons. The lowest BCUT2D eigenvalue weighted by Gasteiger charge is -2.19. The van der Waals surface area contributed by atoms with Crippen LogP contribution in [0.4, 0.5) is 0 Å². The maximum atomic E-state index is 12.7. The summed E-state index contributed by atoms with van der Waals surface area (Å²) >= 11 is 0. The third kappa shape index (κ3) is 57.3. The number of phosphoric ester groups is 1. The summed E-state index contributed by atoms with van der Waals surface area (Å²) in [5.41, 5.74) is 5.39. The number of hydrogen-bond acceptors (Lipinski definition) is 8. The van der Waals surface area contributed by atoms with Crippen molar-refractivity contribution in [3.63, 3.8) is 0 Å². The van der Waals surface area contributed by atoms with Crippen molar-refractivity contribution in [3.8, 4) is 0 Å². The monoisotopic (exact) mass is 1030 g/mol. The van der Waals surface area contributed by atoms with Crippen molar-refractivity contribution in [3.05, 3.63) is 48.6 Å². The van der Waals surface area contributed by atoms with Crippen molar-refractivity contribution in [1.29, 1.82) is 0 Å². The van der Waals surface area contributed by atoms with Gasteiger partial charge in [-0.15, -0.1) is 0 Å². The highest BCUT2D eigenvalue weighted by molar-refractivity contribution is 7.47. The molecule has 0 radical (unpaired) electrons. The van der Waals surface area contributed by atoms with E-state index in [2.05, 4.69) is 62.5 Å². The van der Waals surface area contributed by atoms with Crippen molar-refractivity contribution >= 4 is 19.8 Å². The minimum absolute atomic E-state index is 0.0530. The van der Waals surface area contributed by atoms with Crippen molar-refractivity contribution in [1.82, 2.24) is 0 Å². The molecule has 3 N–H and O–H groups in total. The van der Waals surface area contributed by atoms with Crippen LogP contribution in [0.5, 0.6) is 0 Å². The predicted octanol–water partition coefficient (Wildman–Crippen LogP) is 19.4. The number of rotatable bonds is 58. The Balaban J connectivity index is 3.90. The normalized spacial score (nSPS) is 13.3. The fourth-order valence-corrected chi connectivity index (χ4v) is 9.75. The Hall–Kier alpha value is -2.03. The topological polar surface area (TPSA) is 134 Å². The molecule has 10 heteroatoms. The van der Waals surface area contributed by atoms with E-state index < -0.39 is 26.5 Å². The molecule has 0 aromatic heterocycles. The second-order valence-electron chi connectivity index (χ2n) is 20.6. The van der Waals surface area contributed by atoms with E-state index >= 15 is 0 Å². The molecule has 0 saturated heterocycles. The first-order valence-electron chi connectivity index (χ1n) is 30.6. The Morgan fingerprint density at radius 3 is 1.14 bits per heavy atom. The molecule has 0 fully saturated rings. The molecule has 2 atom stereocenters. The van der Waals surface area contributed by atoms with Crippen molar-refractivity contribution < 1.29 is 37.6 Å². The average Bonchev–Trinajstić information content (AvgIpc) is 3.37. The van der Waals surface area contributed by atoms with Crippen LogP contribution >= 0.6 is 7.82 Å². The number of ether oxygens (including phenoxy) is 2. The fourth-order valence-electron chi connectivity index (χ4n) is 8.98. The number of allylic oxidation sites excluding steroid dienone is 8. The first-order chi connectivity index (χ1) is 35.3. The summed E-state index contributed by atoms with van der Waals surface area (Å²) in [6.45, 7) is 3.68. The van der Waals surface area contributed by atoms with Crippen LogP contribution in [0.3, 0.4) is 0 Å². The van der Waals surface area contributed by atoms with Gasteiger partial charge in [-0.05, 0) is 51.4 Å². The molecule has 0 aliphatic rings. The van der Waals surface area contributed by atoms with Crippen LogP contribution in [-0.4, -0.2) is 49.3 Å². The molecule has 0 heterocycles. The molecule has 9 nitrogen and oxygen atoms in total. The van der Waals surface area contributed by atoms with Gasteiger partial charge in [-0.3, -0.25) is 18.6 Å². The van der Waals surface area contributed by atoms with Gasteiger partial charge in [-0.2, -0.15) is 0 Å². The number of hydrogen-bond donors (Lipinski definition) is 2. The molecule has 72 heavy (non-hydrogen) atoms. The van der Waals surface area contributed by atoms with Crippen LogP contribution < -0.4 is 5.73 Å². The number of unbranched alkanes of at least 4 members (excludes halogenated alkanes) is 37. The number of nitrogens with two attached hydrogens (primary N) is 1. The largest absolute Gasteiger partial charge is 0.472 e. The van der Waals surface area contributed by atoms with Crippen LogP contribution in [0.1, 0.15) is 303 Å². The summed E-state index contributed by atoms with van der Waals surface area (Å²) < 4.78 is 33.1. The van der Waals surface area contributed by atoms with E-state index in [1.165, 1.54) is 199 Å². The quantitative estimate of drug-likeness (QED) is 0.0264. The van der Waals surface area contributed by atoms with Crippen LogP contribution in [0.2, 0.25) is 0 Å². The molecule has 0 aromatic rings. The van der Waals surface area contributed by atoms with Gasteiger partial charge in [-0.25, -0.2) is 4.57 Å². The summed E-state index contributed by atoms with van der Waals surface area (Å²) in [6.07, 6.45) is 71.8. The fraction of sp³-hybridized carbons (Fsp3) is 0.839. The second kappa shape index (κ2) is 58.2. The molecule has 0 amide bonds. The van der Waals surface area contributed by atoms with Crippen LogP contribution in [0.15, 0.2) is 48.6 Å². The van der Waals surface area contributed by atoms with Crippen molar-refractivity contribution in [2.45, 2.75) is 309 Å². The zero-order valence-electron chi connectivity index (χ0n) is 47.2. The van der Waals surface area contributed by atoms with E-state index in [0.29, 0.717) is 6.42 Å². The summed E-state index contributed by atoms with van der Waals surface area (Å²) in [7, 11) is -4.39. The molecule has 0 aliphatic heterocycles. The standard InChI is InChI=1S/C62H116NO8P/c1-3-5-7-9-11-13-15-17-19-21-23-25-27-28-29-30-31-33-34-36-38-40-42-44-46-48-50-52-54-61(64)68-58-60(59-70-72(66,67)69-57-56-63)71-62(65)55-53-51-49-47-45-43-41-39-37-35-32-26-24-22-20-18-16-14-12-10-8-6-4-2/h6,8,12,14,18,20,24,26,60H,3-5,7,9-11,13,15-17,19,21-23,25,27-59,63H2,1-2H3,(H,66,67)/b8-6-,14-12-,20-18-,26-24-. The van der Waals surface area contributed by atoms with Gasteiger partial charge >= 0.3 is 19.8 Å². The van der Waals surface area contributed by atoms with Gasteiger partial charge < -0.3 is 20.1 Å². The van der Waals surface area contributed by atoms with Gasteiger partial charge in [0.15, 0.2) is 6.10 Å². The number of carbonyl (C=O) groups excluding carboxylic acids is 2. The molecule has 0 aliphatic carbocycles. The lowest BCUT2D eigenvalue weighted by molar-refractivity contribution is -0.161. The molecule has 0 spiro atoms. The summed E-state index contributed by atoms with van der Waals surface area (Å²) in [5, 5.41) is 0. The molecule has 0 rings (SSSR count). The van der Waals surface area contributed by atoms with Crippen molar-refractivity contribution in [2.24, 2.45) is 5.73 Å². The smallest absolute Gasteiger partial charge is 0.462 e. The number of phosphoric acid groups is 1. The molecular formula is C62H116NO8P. The van der Waals surface area contributed by atoms with E-state index in [9.17, 15) is 19.0 Å². The lowest BCUT2D eigenvalue weighted by Crippen LogP contribution is -2.29. The van der Waals surface area contributed by atoms with Crippen LogP contribution in [0, 0.1) is 0 Å². The first-order valence-corrected chi connectivity index (χ1v) is 32.1. The highest BCUT2D eigenvalue weighted by Crippen LogP contribution is 2.43. The Bertz CT molecular complexity index is 1320. The summed E-state index contributed by atoms with van der Waals surface area (Å²) in [5.74, 6) is -0.819. The van der Waals surface area contributed by atoms with E-state index in [1.807, 2.05) is 0 Å². The third-order valence-electron chi connectivity index (χ3n) is 13.5. The Morgan fingerprint density at radius 2 is 0.764 bits per heavy atom. The van der Waals surface area contributed by atoms with Crippen molar-refractivity contribution in [2.75, 3.05) is 26.4 Å². The number of carbonyl (C=O) groups is 2. The predicted molar refractivity (Wildman–Crippen MR) is 307 cm³/mol. The summed E-state index contributed by atoms with van der Waals surface area (Å²) in [4.78, 5) is 35.2. The van der Waals surface area contributed by atoms with Gasteiger partial charge in [0.25, 0.3) is 0 Å². The maximum absolute atomic E-state index is 12.7. The van der Waals surface area contributed by atoms with Gasteiger partial charge in [-0.1, -0.05) is 287 Å². The third-order valence-corrected chi connectivity index (χ3v) is 14.5. The zero-order chi connectivity index (χ0) is 52.4. The highest BCUT2D eigenvalue weighted by atomic mass is 31.2. The first kappa shape index (κ1) is 70.0. The number of esters is 2. The zero-order valence-corrected chi connectivity index (χ0v) is 48.1. The average molecular weight is 1030 g/mol. The minimum atomic E-state index is -4.39. The van der Waals surface area contributed by atoms with Gasteiger partial charge in [0, 0.05) is 19.4 Å². The van der Waals surface area contributed by atoms with Crippen LogP contribution in [0.25, 0.3) is 0 Å². The Morgan fingerprint density at radius 1 is 0.431 bits per heavy atom. The Labute approximate surface area is 445 Å². The molecule has 0 saturated carbocycles. The SMILES string of the molecule is CC/C=C\C/C=C\C/C=C\C/C=C\CCCCCCCCCCCCC(=O)OC(COC(=O)CCCCCCCCCCCCCCCCCCCCCCCCCCCCCC)COP(=O)(O)OCCN. The van der Waals surface area contributed by atoms with E-state index in [4.69, 9.17) is 24.3 Å². The summed E-state index contributed by atoms with van der Waals surface area (Å²) in [6, 6.07) is 0. The molecule has 0 aromatic carbocycles. The maximum Gasteiger partial charge on any atom is 0.472 e. The van der Waals surface area contributed by atoms with E-state index in [-0.39, 0.29) is 38.6 Å². The molecule has 0 bridgehead atoms. The molecular weight excluding hydrogens is 918 g/mol.